The summed E-state index contributed by atoms with van der Waals surface area (Å²) in [5.41, 5.74) is 0.576. The van der Waals surface area contributed by atoms with Gasteiger partial charge in [0.1, 0.15) is 5.75 Å². The molecular formula is C10H12NO5S. The number of carbonyl (C=O) groups excluding carboxylic acids is 1. The summed E-state index contributed by atoms with van der Waals surface area (Å²) in [6, 6.07) is 5.93. The van der Waals surface area contributed by atoms with Crippen LogP contribution in [0.3, 0.4) is 0 Å². The minimum atomic E-state index is -4.06. The molecule has 0 saturated carbocycles. The van der Waals surface area contributed by atoms with Gasteiger partial charge in [-0.1, -0.05) is 12.1 Å². The first kappa shape index (κ1) is 13.5. The molecule has 0 bridgehead atoms. The fourth-order valence-electron chi connectivity index (χ4n) is 1.08. The third-order valence-electron chi connectivity index (χ3n) is 1.85. The summed E-state index contributed by atoms with van der Waals surface area (Å²) in [7, 11) is -4.06. The van der Waals surface area contributed by atoms with Crippen LogP contribution in [0, 0.1) is 6.42 Å². The molecule has 0 aliphatic carbocycles. The van der Waals surface area contributed by atoms with Crippen molar-refractivity contribution in [3.63, 3.8) is 0 Å². The molecule has 6 nitrogen and oxygen atoms in total. The van der Waals surface area contributed by atoms with E-state index in [0.29, 0.717) is 5.56 Å². The van der Waals surface area contributed by atoms with Crippen molar-refractivity contribution in [3.05, 3.63) is 36.2 Å². The van der Waals surface area contributed by atoms with Crippen molar-refractivity contribution in [2.75, 3.05) is 12.3 Å². The zero-order valence-corrected chi connectivity index (χ0v) is 9.64. The Morgan fingerprint density at radius 1 is 1.29 bits per heavy atom. The predicted molar refractivity (Wildman–Crippen MR) is 60.9 cm³/mol. The van der Waals surface area contributed by atoms with Crippen molar-refractivity contribution in [3.8, 4) is 5.75 Å². The van der Waals surface area contributed by atoms with Crippen molar-refractivity contribution in [2.24, 2.45) is 0 Å². The molecule has 0 aliphatic heterocycles. The average molecular weight is 258 g/mol. The fourth-order valence-corrected chi connectivity index (χ4v) is 1.44. The minimum Gasteiger partial charge on any atom is -0.508 e. The van der Waals surface area contributed by atoms with Gasteiger partial charge in [-0.25, -0.2) is 0 Å². The lowest BCUT2D eigenvalue weighted by molar-refractivity contribution is -0.117. The van der Waals surface area contributed by atoms with Crippen LogP contribution in [-0.2, 0) is 14.9 Å². The fraction of sp³-hybridized carbons (Fsp3) is 0.200. The maximum absolute atomic E-state index is 11.3. The monoisotopic (exact) mass is 258 g/mol. The van der Waals surface area contributed by atoms with Crippen molar-refractivity contribution in [1.29, 1.82) is 0 Å². The number of hydrogen-bond acceptors (Lipinski definition) is 4. The van der Waals surface area contributed by atoms with Crippen LogP contribution in [0.2, 0.25) is 0 Å². The Labute approximate surface area is 99.0 Å². The molecule has 0 heterocycles. The first-order chi connectivity index (χ1) is 7.87. The minimum absolute atomic E-state index is 0.0916. The van der Waals surface area contributed by atoms with E-state index in [4.69, 9.17) is 9.66 Å². The lowest BCUT2D eigenvalue weighted by Crippen LogP contribution is -2.29. The summed E-state index contributed by atoms with van der Waals surface area (Å²) < 4.78 is 29.2. The van der Waals surface area contributed by atoms with E-state index < -0.39 is 21.8 Å². The van der Waals surface area contributed by atoms with Crippen molar-refractivity contribution < 1.29 is 22.9 Å². The Kier molecular flexibility index (Phi) is 4.47. The molecule has 0 saturated heterocycles. The highest BCUT2D eigenvalue weighted by Crippen LogP contribution is 2.10. The SMILES string of the molecule is O=C([CH]c1ccc(O)cc1)NCCS(=O)(=O)O. The molecule has 1 rings (SSSR count). The smallest absolute Gasteiger partial charge is 0.266 e. The highest BCUT2D eigenvalue weighted by molar-refractivity contribution is 7.85. The van der Waals surface area contributed by atoms with E-state index in [1.807, 2.05) is 0 Å². The number of hydrogen-bond donors (Lipinski definition) is 3. The molecule has 0 atom stereocenters. The first-order valence-electron chi connectivity index (χ1n) is 4.73. The zero-order valence-electron chi connectivity index (χ0n) is 8.83. The van der Waals surface area contributed by atoms with Gasteiger partial charge in [0.05, 0.1) is 12.2 Å². The van der Waals surface area contributed by atoms with Crippen molar-refractivity contribution in [1.82, 2.24) is 5.32 Å². The van der Waals surface area contributed by atoms with Gasteiger partial charge in [0.15, 0.2) is 0 Å². The summed E-state index contributed by atoms with van der Waals surface area (Å²) in [6.45, 7) is -0.160. The predicted octanol–water partition coefficient (Wildman–Crippen LogP) is -0.0514. The second-order valence-corrected chi connectivity index (χ2v) is 4.89. The van der Waals surface area contributed by atoms with Gasteiger partial charge in [-0.2, -0.15) is 8.42 Å². The summed E-state index contributed by atoms with van der Waals surface area (Å²) >= 11 is 0. The maximum atomic E-state index is 11.3. The average Bonchev–Trinajstić information content (AvgIpc) is 2.19. The maximum Gasteiger partial charge on any atom is 0.266 e. The molecule has 0 spiro atoms. The number of phenolic OH excluding ortho intramolecular Hbond substituents is 1. The molecular weight excluding hydrogens is 246 g/mol. The van der Waals surface area contributed by atoms with Gasteiger partial charge in [0.25, 0.3) is 10.1 Å². The van der Waals surface area contributed by atoms with Crippen LogP contribution >= 0.6 is 0 Å². The Morgan fingerprint density at radius 3 is 2.41 bits per heavy atom. The van der Waals surface area contributed by atoms with Crippen molar-refractivity contribution >= 4 is 16.0 Å². The second kappa shape index (κ2) is 5.65. The van der Waals surface area contributed by atoms with Crippen LogP contribution in [0.5, 0.6) is 5.75 Å². The Bertz CT molecular complexity index is 480. The first-order valence-corrected chi connectivity index (χ1v) is 6.34. The quantitative estimate of drug-likeness (QED) is 0.642. The highest BCUT2D eigenvalue weighted by atomic mass is 32.2. The topological polar surface area (TPSA) is 104 Å². The van der Waals surface area contributed by atoms with Crippen molar-refractivity contribution in [2.45, 2.75) is 0 Å². The summed E-state index contributed by atoms with van der Waals surface area (Å²) in [5, 5.41) is 11.3. The molecule has 1 aromatic rings. The van der Waals surface area contributed by atoms with Crippen LogP contribution in [-0.4, -0.2) is 36.3 Å². The summed E-state index contributed by atoms with van der Waals surface area (Å²) in [6.07, 6.45) is 1.25. The largest absolute Gasteiger partial charge is 0.508 e. The van der Waals surface area contributed by atoms with Gasteiger partial charge in [0.2, 0.25) is 5.91 Å². The number of nitrogens with one attached hydrogen (secondary N) is 1. The standard InChI is InChI=1S/C10H12NO5S/c12-9-3-1-8(2-4-9)7-10(13)11-5-6-17(14,15)16/h1-4,7,12H,5-6H2,(H,11,13)(H,14,15,16). The number of aromatic hydroxyl groups is 1. The van der Waals surface area contributed by atoms with Gasteiger partial charge in [-0.3, -0.25) is 9.35 Å². The Balaban J connectivity index is 2.37. The summed E-state index contributed by atoms with van der Waals surface area (Å²) in [5.74, 6) is -0.907. The molecule has 1 radical (unpaired) electrons. The van der Waals surface area contributed by atoms with Crippen LogP contribution in [0.1, 0.15) is 5.56 Å². The third kappa shape index (κ3) is 5.88. The number of amides is 1. The summed E-state index contributed by atoms with van der Waals surface area (Å²) in [4.78, 5) is 11.3. The molecule has 0 aliphatic rings. The number of benzene rings is 1. The van der Waals surface area contributed by atoms with E-state index in [9.17, 15) is 13.2 Å². The number of phenols is 1. The molecule has 17 heavy (non-hydrogen) atoms. The van der Waals surface area contributed by atoms with E-state index in [0.717, 1.165) is 0 Å². The zero-order chi connectivity index (χ0) is 12.9. The molecule has 0 unspecified atom stereocenters. The van der Waals surface area contributed by atoms with Crippen LogP contribution in [0.25, 0.3) is 0 Å². The molecule has 0 fully saturated rings. The van der Waals surface area contributed by atoms with Gasteiger partial charge in [0, 0.05) is 6.54 Å². The lowest BCUT2D eigenvalue weighted by atomic mass is 10.1. The van der Waals surface area contributed by atoms with Gasteiger partial charge < -0.3 is 10.4 Å². The van der Waals surface area contributed by atoms with Gasteiger partial charge >= 0.3 is 0 Å². The van der Waals surface area contributed by atoms with Crippen LogP contribution < -0.4 is 5.32 Å². The lowest BCUT2D eigenvalue weighted by Gasteiger charge is -2.03. The van der Waals surface area contributed by atoms with Gasteiger partial charge in [-0.15, -0.1) is 0 Å². The van der Waals surface area contributed by atoms with E-state index in [1.54, 1.807) is 0 Å². The normalized spacial score (nSPS) is 11.1. The van der Waals surface area contributed by atoms with E-state index >= 15 is 0 Å². The third-order valence-corrected chi connectivity index (χ3v) is 2.57. The van der Waals surface area contributed by atoms with E-state index in [-0.39, 0.29) is 12.3 Å². The van der Waals surface area contributed by atoms with Gasteiger partial charge in [-0.05, 0) is 17.7 Å². The molecule has 7 heteroatoms. The molecule has 1 amide bonds. The van der Waals surface area contributed by atoms with Crippen LogP contribution in [0.4, 0.5) is 0 Å². The van der Waals surface area contributed by atoms with E-state index in [1.165, 1.54) is 30.7 Å². The highest BCUT2D eigenvalue weighted by Gasteiger charge is 2.07. The molecule has 3 N–H and O–H groups in total. The number of carbonyl (C=O) groups is 1. The number of rotatable bonds is 5. The molecule has 93 valence electrons. The van der Waals surface area contributed by atoms with E-state index in [2.05, 4.69) is 5.32 Å². The van der Waals surface area contributed by atoms with Crippen LogP contribution in [0.15, 0.2) is 24.3 Å². The Hall–Kier alpha value is -1.60. The Morgan fingerprint density at radius 2 is 1.88 bits per heavy atom. The molecule has 0 aromatic heterocycles. The molecule has 1 aromatic carbocycles. The second-order valence-electron chi connectivity index (χ2n) is 3.31.